The summed E-state index contributed by atoms with van der Waals surface area (Å²) >= 11 is 0. The van der Waals surface area contributed by atoms with Crippen molar-refractivity contribution in [1.29, 1.82) is 0 Å². The Bertz CT molecular complexity index is 421. The molecule has 0 aromatic carbocycles. The minimum absolute atomic E-state index is 0.0115. The smallest absolute Gasteiger partial charge is 0.325 e. The van der Waals surface area contributed by atoms with Crippen LogP contribution < -0.4 is 5.32 Å². The Balaban J connectivity index is 1.91. The molecule has 1 heterocycles. The van der Waals surface area contributed by atoms with Crippen molar-refractivity contribution in [3.05, 3.63) is 12.4 Å². The second-order valence-corrected chi connectivity index (χ2v) is 4.29. The molecule has 17 heavy (non-hydrogen) atoms. The third kappa shape index (κ3) is 3.05. The number of nitrogens with zero attached hydrogens (tertiary/aromatic N) is 2. The van der Waals surface area contributed by atoms with Gasteiger partial charge in [-0.2, -0.15) is 5.10 Å². The second-order valence-electron chi connectivity index (χ2n) is 4.29. The van der Waals surface area contributed by atoms with Gasteiger partial charge in [0.1, 0.15) is 6.54 Å². The molecule has 0 spiro atoms. The van der Waals surface area contributed by atoms with Gasteiger partial charge in [-0.05, 0) is 12.8 Å². The zero-order valence-corrected chi connectivity index (χ0v) is 9.43. The minimum atomic E-state index is -0.957. The average Bonchev–Trinajstić information content (AvgIpc) is 2.87. The molecule has 1 saturated carbocycles. The number of aromatic nitrogens is 2. The van der Waals surface area contributed by atoms with E-state index < -0.39 is 5.97 Å². The molecule has 6 heteroatoms. The quantitative estimate of drug-likeness (QED) is 0.821. The molecular formula is C11H15N3O3. The van der Waals surface area contributed by atoms with Crippen LogP contribution in [-0.4, -0.2) is 26.8 Å². The zero-order chi connectivity index (χ0) is 12.3. The van der Waals surface area contributed by atoms with Crippen molar-refractivity contribution in [1.82, 2.24) is 9.78 Å². The number of anilines is 1. The van der Waals surface area contributed by atoms with Gasteiger partial charge in [-0.15, -0.1) is 0 Å². The van der Waals surface area contributed by atoms with Gasteiger partial charge in [0, 0.05) is 12.1 Å². The van der Waals surface area contributed by atoms with E-state index in [1.807, 2.05) is 0 Å². The maximum atomic E-state index is 11.8. The lowest BCUT2D eigenvalue weighted by Crippen LogP contribution is -2.19. The van der Waals surface area contributed by atoms with Crippen molar-refractivity contribution in [3.63, 3.8) is 0 Å². The van der Waals surface area contributed by atoms with Crippen LogP contribution in [0.3, 0.4) is 0 Å². The Labute approximate surface area is 98.6 Å². The maximum absolute atomic E-state index is 11.8. The lowest BCUT2D eigenvalue weighted by Gasteiger charge is -2.07. The number of carboxylic acid groups (broad SMARTS) is 1. The molecule has 1 amide bonds. The van der Waals surface area contributed by atoms with Crippen molar-refractivity contribution >= 4 is 17.6 Å². The standard InChI is InChI=1S/C11H15N3O3/c15-10(16)7-14-6-9(5-12-14)13-11(17)8-3-1-2-4-8/h5-6,8H,1-4,7H2,(H,13,17)(H,15,16). The molecule has 0 radical (unpaired) electrons. The fourth-order valence-corrected chi connectivity index (χ4v) is 2.09. The highest BCUT2D eigenvalue weighted by atomic mass is 16.4. The van der Waals surface area contributed by atoms with E-state index in [1.165, 1.54) is 17.1 Å². The molecule has 1 fully saturated rings. The van der Waals surface area contributed by atoms with E-state index in [0.29, 0.717) is 5.69 Å². The maximum Gasteiger partial charge on any atom is 0.325 e. The summed E-state index contributed by atoms with van der Waals surface area (Å²) < 4.78 is 1.28. The molecule has 1 aliphatic rings. The van der Waals surface area contributed by atoms with E-state index >= 15 is 0 Å². The highest BCUT2D eigenvalue weighted by molar-refractivity contribution is 5.92. The van der Waals surface area contributed by atoms with Crippen LogP contribution in [0.25, 0.3) is 0 Å². The first-order valence-corrected chi connectivity index (χ1v) is 5.70. The number of hydrogen-bond donors (Lipinski definition) is 2. The van der Waals surface area contributed by atoms with Crippen LogP contribution in [0.15, 0.2) is 12.4 Å². The molecule has 0 bridgehead atoms. The van der Waals surface area contributed by atoms with Crippen LogP contribution in [0, 0.1) is 5.92 Å². The first-order chi connectivity index (χ1) is 8.15. The molecule has 1 aliphatic carbocycles. The van der Waals surface area contributed by atoms with Crippen molar-refractivity contribution < 1.29 is 14.7 Å². The van der Waals surface area contributed by atoms with Gasteiger partial charge in [-0.3, -0.25) is 14.3 Å². The molecule has 0 atom stereocenters. The first kappa shape index (κ1) is 11.6. The summed E-state index contributed by atoms with van der Waals surface area (Å²) in [4.78, 5) is 22.2. The summed E-state index contributed by atoms with van der Waals surface area (Å²) in [6.07, 6.45) is 7.09. The van der Waals surface area contributed by atoms with Gasteiger partial charge in [0.2, 0.25) is 5.91 Å². The number of aliphatic carboxylic acids is 1. The number of carbonyl (C=O) groups excluding carboxylic acids is 1. The third-order valence-electron chi connectivity index (χ3n) is 2.92. The highest BCUT2D eigenvalue weighted by Gasteiger charge is 2.22. The van der Waals surface area contributed by atoms with Gasteiger partial charge in [0.15, 0.2) is 0 Å². The van der Waals surface area contributed by atoms with Crippen molar-refractivity contribution in [3.8, 4) is 0 Å². The van der Waals surface area contributed by atoms with E-state index in [2.05, 4.69) is 10.4 Å². The largest absolute Gasteiger partial charge is 0.480 e. The lowest BCUT2D eigenvalue weighted by atomic mass is 10.1. The number of hydrogen-bond acceptors (Lipinski definition) is 3. The second kappa shape index (κ2) is 4.99. The Morgan fingerprint density at radius 3 is 2.82 bits per heavy atom. The number of rotatable bonds is 4. The molecule has 0 aliphatic heterocycles. The van der Waals surface area contributed by atoms with Crippen LogP contribution in [0.1, 0.15) is 25.7 Å². The molecule has 6 nitrogen and oxygen atoms in total. The van der Waals surface area contributed by atoms with Gasteiger partial charge in [0.25, 0.3) is 0 Å². The Kier molecular flexibility index (Phi) is 3.41. The first-order valence-electron chi connectivity index (χ1n) is 5.70. The number of nitrogens with one attached hydrogen (secondary N) is 1. The zero-order valence-electron chi connectivity index (χ0n) is 9.43. The molecule has 0 unspecified atom stereocenters. The van der Waals surface area contributed by atoms with Gasteiger partial charge in [0.05, 0.1) is 11.9 Å². The van der Waals surface area contributed by atoms with Gasteiger partial charge in [-0.1, -0.05) is 12.8 Å². The fourth-order valence-electron chi connectivity index (χ4n) is 2.09. The predicted octanol–water partition coefficient (Wildman–Crippen LogP) is 1.10. The lowest BCUT2D eigenvalue weighted by molar-refractivity contribution is -0.137. The summed E-state index contributed by atoms with van der Waals surface area (Å²) in [6, 6.07) is 0. The van der Waals surface area contributed by atoms with Gasteiger partial charge in [-0.25, -0.2) is 0 Å². The Morgan fingerprint density at radius 2 is 2.18 bits per heavy atom. The predicted molar refractivity (Wildman–Crippen MR) is 60.5 cm³/mol. The van der Waals surface area contributed by atoms with E-state index in [9.17, 15) is 9.59 Å². The number of carboxylic acids is 1. The van der Waals surface area contributed by atoms with Gasteiger partial charge >= 0.3 is 5.97 Å². The SMILES string of the molecule is O=C(O)Cn1cc(NC(=O)C2CCCC2)cn1. The molecule has 1 aromatic heterocycles. The molecule has 2 rings (SSSR count). The molecule has 0 saturated heterocycles. The molecule has 92 valence electrons. The van der Waals surface area contributed by atoms with E-state index in [1.54, 1.807) is 0 Å². The normalized spacial score (nSPS) is 16.0. The number of amides is 1. The van der Waals surface area contributed by atoms with Crippen molar-refractivity contribution in [2.75, 3.05) is 5.32 Å². The summed E-state index contributed by atoms with van der Waals surface area (Å²) in [6.45, 7) is -0.195. The highest BCUT2D eigenvalue weighted by Crippen LogP contribution is 2.25. The van der Waals surface area contributed by atoms with Crippen LogP contribution in [0.5, 0.6) is 0 Å². The molecular weight excluding hydrogens is 222 g/mol. The summed E-state index contributed by atoms with van der Waals surface area (Å²) in [5, 5.41) is 15.2. The van der Waals surface area contributed by atoms with Crippen LogP contribution in [-0.2, 0) is 16.1 Å². The van der Waals surface area contributed by atoms with Crippen LogP contribution in [0.2, 0.25) is 0 Å². The summed E-state index contributed by atoms with van der Waals surface area (Å²) in [5.74, 6) is -0.850. The number of carbonyl (C=O) groups is 2. The topological polar surface area (TPSA) is 84.2 Å². The van der Waals surface area contributed by atoms with Crippen molar-refractivity contribution in [2.24, 2.45) is 5.92 Å². The molecule has 2 N–H and O–H groups in total. The minimum Gasteiger partial charge on any atom is -0.480 e. The van der Waals surface area contributed by atoms with E-state index in [-0.39, 0.29) is 18.4 Å². The van der Waals surface area contributed by atoms with Gasteiger partial charge < -0.3 is 10.4 Å². The van der Waals surface area contributed by atoms with E-state index in [4.69, 9.17) is 5.11 Å². The Hall–Kier alpha value is -1.85. The van der Waals surface area contributed by atoms with Crippen LogP contribution >= 0.6 is 0 Å². The molecule has 1 aromatic rings. The van der Waals surface area contributed by atoms with Crippen LogP contribution in [0.4, 0.5) is 5.69 Å². The monoisotopic (exact) mass is 237 g/mol. The van der Waals surface area contributed by atoms with E-state index in [0.717, 1.165) is 25.7 Å². The fraction of sp³-hybridized carbons (Fsp3) is 0.545. The Morgan fingerprint density at radius 1 is 1.47 bits per heavy atom. The average molecular weight is 237 g/mol. The summed E-state index contributed by atoms with van der Waals surface area (Å²) in [5.41, 5.74) is 0.558. The third-order valence-corrected chi connectivity index (χ3v) is 2.92. The summed E-state index contributed by atoms with van der Waals surface area (Å²) in [7, 11) is 0. The van der Waals surface area contributed by atoms with Crippen molar-refractivity contribution in [2.45, 2.75) is 32.2 Å².